The Balaban J connectivity index is 2.62. The van der Waals surface area contributed by atoms with E-state index in [1.54, 1.807) is 13.1 Å². The second-order valence-electron chi connectivity index (χ2n) is 1.54. The van der Waals surface area contributed by atoms with Crippen LogP contribution in [0.25, 0.3) is 0 Å². The minimum Gasteiger partial charge on any atom is -0.249 e. The molecule has 0 unspecified atom stereocenters. The first kappa shape index (κ1) is 5.31. The van der Waals surface area contributed by atoms with Crippen LogP contribution in [0.2, 0.25) is 0 Å². The Morgan fingerprint density at radius 3 is 3.00 bits per heavy atom. The number of hydrazone groups is 1. The van der Waals surface area contributed by atoms with Crippen molar-refractivity contribution in [2.24, 2.45) is 10.9 Å². The third-order valence-electron chi connectivity index (χ3n) is 0.944. The minimum atomic E-state index is 0.681. The third kappa shape index (κ3) is 0.869. The molecule has 0 aromatic carbocycles. The predicted octanol–water partition coefficient (Wildman–Crippen LogP) is -0.837. The summed E-state index contributed by atoms with van der Waals surface area (Å²) in [6, 6.07) is 0. The zero-order chi connectivity index (χ0) is 5.98. The summed E-state index contributed by atoms with van der Waals surface area (Å²) in [6.07, 6.45) is 1.76. The van der Waals surface area contributed by atoms with Crippen molar-refractivity contribution in [1.29, 1.82) is 0 Å². The molecule has 4 nitrogen and oxygen atoms in total. The summed E-state index contributed by atoms with van der Waals surface area (Å²) in [5, 5.41) is 6.75. The normalized spacial score (nSPS) is 20.0. The molecule has 44 valence electrons. The van der Waals surface area contributed by atoms with Gasteiger partial charge in [-0.05, 0) is 6.08 Å². The van der Waals surface area contributed by atoms with Crippen molar-refractivity contribution >= 4 is 5.87 Å². The van der Waals surface area contributed by atoms with Crippen molar-refractivity contribution < 1.29 is 0 Å². The second-order valence-corrected chi connectivity index (χ2v) is 1.54. The predicted molar refractivity (Wildman–Crippen MR) is 30.7 cm³/mol. The molecular formula is C4H8N4. The van der Waals surface area contributed by atoms with Gasteiger partial charge in [0.2, 0.25) is 0 Å². The van der Waals surface area contributed by atoms with Crippen molar-refractivity contribution in [3.63, 3.8) is 0 Å². The van der Waals surface area contributed by atoms with E-state index in [4.69, 9.17) is 5.84 Å². The summed E-state index contributed by atoms with van der Waals surface area (Å²) < 4.78 is 0. The van der Waals surface area contributed by atoms with Gasteiger partial charge >= 0.3 is 0 Å². The molecule has 0 fully saturated rings. The van der Waals surface area contributed by atoms with E-state index in [2.05, 4.69) is 11.0 Å². The highest BCUT2D eigenvalue weighted by Crippen LogP contribution is 1.89. The molecule has 1 aliphatic rings. The van der Waals surface area contributed by atoms with Gasteiger partial charge in [-0.1, -0.05) is 0 Å². The van der Waals surface area contributed by atoms with Crippen LogP contribution in [0.15, 0.2) is 11.2 Å². The smallest absolute Gasteiger partial charge is 0.0624 e. The van der Waals surface area contributed by atoms with Gasteiger partial charge in [-0.15, -0.1) is 10.2 Å². The van der Waals surface area contributed by atoms with Crippen molar-refractivity contribution in [2.75, 3.05) is 13.6 Å². The van der Waals surface area contributed by atoms with Gasteiger partial charge < -0.3 is 0 Å². The first-order valence-electron chi connectivity index (χ1n) is 2.34. The highest BCUT2D eigenvalue weighted by Gasteiger charge is 2.01. The molecular weight excluding hydrogens is 104 g/mol. The van der Waals surface area contributed by atoms with Crippen molar-refractivity contribution in [2.45, 2.75) is 0 Å². The van der Waals surface area contributed by atoms with Crippen LogP contribution in [0.5, 0.6) is 0 Å². The molecule has 4 heteroatoms. The van der Waals surface area contributed by atoms with E-state index in [1.165, 1.54) is 10.2 Å². The van der Waals surface area contributed by atoms with E-state index >= 15 is 0 Å². The SMILES string of the molecule is CN1N=C=CCN1N. The maximum Gasteiger partial charge on any atom is 0.0624 e. The van der Waals surface area contributed by atoms with Crippen LogP contribution in [0.1, 0.15) is 0 Å². The molecule has 0 saturated heterocycles. The van der Waals surface area contributed by atoms with Crippen LogP contribution in [-0.2, 0) is 0 Å². The van der Waals surface area contributed by atoms with Crippen LogP contribution < -0.4 is 5.84 Å². The van der Waals surface area contributed by atoms with Gasteiger partial charge in [0.25, 0.3) is 0 Å². The summed E-state index contributed by atoms with van der Waals surface area (Å²) in [6.45, 7) is 0.681. The lowest BCUT2D eigenvalue weighted by Crippen LogP contribution is -2.43. The van der Waals surface area contributed by atoms with E-state index in [0.29, 0.717) is 6.54 Å². The molecule has 0 saturated carbocycles. The molecule has 8 heavy (non-hydrogen) atoms. The summed E-state index contributed by atoms with van der Waals surface area (Å²) in [5.41, 5.74) is 0. The molecule has 0 bridgehead atoms. The zero-order valence-electron chi connectivity index (χ0n) is 4.70. The number of nitrogens with zero attached hydrogens (tertiary/aromatic N) is 3. The highest BCUT2D eigenvalue weighted by atomic mass is 15.9. The largest absolute Gasteiger partial charge is 0.249 e. The molecule has 0 radical (unpaired) electrons. The highest BCUT2D eigenvalue weighted by molar-refractivity contribution is 5.51. The molecule has 0 aromatic rings. The standard InChI is InChI=1S/C4H8N4/c1-7-6-3-2-4-8(7)5/h2H,4-5H2,1H3. The van der Waals surface area contributed by atoms with E-state index in [1.807, 2.05) is 0 Å². The Morgan fingerprint density at radius 2 is 2.62 bits per heavy atom. The molecule has 0 aromatic heterocycles. The van der Waals surface area contributed by atoms with Gasteiger partial charge in [-0.3, -0.25) is 0 Å². The van der Waals surface area contributed by atoms with Crippen LogP contribution in [-0.4, -0.2) is 29.7 Å². The lowest BCUT2D eigenvalue weighted by atomic mass is 10.6. The van der Waals surface area contributed by atoms with Gasteiger partial charge in [-0.25, -0.2) is 11.0 Å². The van der Waals surface area contributed by atoms with Gasteiger partial charge in [0, 0.05) is 12.9 Å². The Kier molecular flexibility index (Phi) is 1.30. The Hall–Kier alpha value is -0.830. The van der Waals surface area contributed by atoms with E-state index in [0.717, 1.165) is 0 Å². The zero-order valence-corrected chi connectivity index (χ0v) is 4.70. The Bertz CT molecular complexity index is 135. The Labute approximate surface area is 47.8 Å². The fourth-order valence-electron chi connectivity index (χ4n) is 0.434. The molecule has 0 atom stereocenters. The summed E-state index contributed by atoms with van der Waals surface area (Å²) in [4.78, 5) is 0. The number of rotatable bonds is 0. The number of hydrogen-bond donors (Lipinski definition) is 1. The number of hydrazine groups is 2. The van der Waals surface area contributed by atoms with Gasteiger partial charge in [0.15, 0.2) is 0 Å². The summed E-state index contributed by atoms with van der Waals surface area (Å²) in [7, 11) is 1.76. The maximum atomic E-state index is 5.37. The number of nitrogens with two attached hydrogens (primary N) is 1. The topological polar surface area (TPSA) is 44.9 Å². The van der Waals surface area contributed by atoms with Crippen LogP contribution >= 0.6 is 0 Å². The lowest BCUT2D eigenvalue weighted by Gasteiger charge is -2.23. The van der Waals surface area contributed by atoms with Crippen molar-refractivity contribution in [3.05, 3.63) is 6.08 Å². The van der Waals surface area contributed by atoms with E-state index in [-0.39, 0.29) is 0 Å². The van der Waals surface area contributed by atoms with E-state index < -0.39 is 0 Å². The molecule has 1 heterocycles. The van der Waals surface area contributed by atoms with Gasteiger partial charge in [0.05, 0.1) is 6.54 Å². The van der Waals surface area contributed by atoms with Crippen LogP contribution in [0.4, 0.5) is 0 Å². The van der Waals surface area contributed by atoms with E-state index in [9.17, 15) is 0 Å². The summed E-state index contributed by atoms with van der Waals surface area (Å²) >= 11 is 0. The molecule has 1 aliphatic heterocycles. The fourth-order valence-corrected chi connectivity index (χ4v) is 0.434. The van der Waals surface area contributed by atoms with Gasteiger partial charge in [-0.2, -0.15) is 0 Å². The maximum absolute atomic E-state index is 5.37. The second kappa shape index (κ2) is 1.96. The quantitative estimate of drug-likeness (QED) is 0.416. The average Bonchev–Trinajstić information content (AvgIpc) is 1.77. The van der Waals surface area contributed by atoms with Crippen molar-refractivity contribution in [1.82, 2.24) is 10.2 Å². The minimum absolute atomic E-state index is 0.681. The fraction of sp³-hybridized carbons (Fsp3) is 0.500. The molecule has 2 N–H and O–H groups in total. The molecule has 1 rings (SSSR count). The monoisotopic (exact) mass is 112 g/mol. The summed E-state index contributed by atoms with van der Waals surface area (Å²) in [5.74, 6) is 8.04. The lowest BCUT2D eigenvalue weighted by molar-refractivity contribution is 0.0102. The molecule has 0 amide bonds. The van der Waals surface area contributed by atoms with Crippen LogP contribution in [0.3, 0.4) is 0 Å². The molecule has 0 spiro atoms. The first-order valence-corrected chi connectivity index (χ1v) is 2.34. The molecule has 0 aliphatic carbocycles. The number of hydrogen-bond acceptors (Lipinski definition) is 4. The third-order valence-corrected chi connectivity index (χ3v) is 0.944. The first-order chi connectivity index (χ1) is 3.80. The average molecular weight is 112 g/mol. The Morgan fingerprint density at radius 1 is 1.88 bits per heavy atom. The van der Waals surface area contributed by atoms with Gasteiger partial charge in [0.1, 0.15) is 0 Å². The van der Waals surface area contributed by atoms with Crippen LogP contribution in [0, 0.1) is 0 Å². The van der Waals surface area contributed by atoms with Crippen molar-refractivity contribution in [3.8, 4) is 0 Å².